The van der Waals surface area contributed by atoms with Crippen molar-refractivity contribution in [1.82, 2.24) is 9.78 Å². The van der Waals surface area contributed by atoms with Gasteiger partial charge in [0, 0.05) is 6.07 Å². The molecule has 7 nitrogen and oxygen atoms in total. The van der Waals surface area contributed by atoms with Crippen LogP contribution in [0.25, 0.3) is 0 Å². The second kappa shape index (κ2) is 8.03. The molecule has 26 heavy (non-hydrogen) atoms. The highest BCUT2D eigenvalue weighted by atomic mass is 16.5. The quantitative estimate of drug-likeness (QED) is 0.817. The maximum absolute atomic E-state index is 12.4. The number of hydrogen-bond acceptors (Lipinski definition) is 5. The Labute approximate surface area is 151 Å². The number of aliphatic carboxylic acids is 1. The molecule has 1 fully saturated rings. The van der Waals surface area contributed by atoms with Gasteiger partial charge in [0.25, 0.3) is 5.56 Å². The maximum atomic E-state index is 12.4. The molecule has 0 radical (unpaired) electrons. The van der Waals surface area contributed by atoms with Crippen molar-refractivity contribution in [3.8, 4) is 17.2 Å². The normalized spacial score (nSPS) is 15.6. The molecule has 0 aliphatic heterocycles. The molecule has 0 amide bonds. The summed E-state index contributed by atoms with van der Waals surface area (Å²) in [7, 11) is 1.53. The number of aromatic nitrogens is 2. The summed E-state index contributed by atoms with van der Waals surface area (Å²) >= 11 is 0. The van der Waals surface area contributed by atoms with Crippen molar-refractivity contribution in [3.05, 3.63) is 46.9 Å². The van der Waals surface area contributed by atoms with Gasteiger partial charge in [-0.05, 0) is 24.5 Å². The molecule has 2 aromatic rings. The van der Waals surface area contributed by atoms with E-state index >= 15 is 0 Å². The Morgan fingerprint density at radius 3 is 2.62 bits per heavy atom. The summed E-state index contributed by atoms with van der Waals surface area (Å²) in [6, 6.07) is 7.35. The molecular formula is C19H22N2O5. The first-order valence-corrected chi connectivity index (χ1v) is 8.71. The van der Waals surface area contributed by atoms with E-state index in [1.807, 2.05) is 6.07 Å². The van der Waals surface area contributed by atoms with Crippen LogP contribution in [0.4, 0.5) is 0 Å². The van der Waals surface area contributed by atoms with E-state index in [4.69, 9.17) is 9.47 Å². The Balaban J connectivity index is 1.81. The zero-order valence-electron chi connectivity index (χ0n) is 14.6. The molecule has 1 unspecified atom stereocenters. The second-order valence-electron chi connectivity index (χ2n) is 6.47. The Bertz CT molecular complexity index is 827. The topological polar surface area (TPSA) is 90.7 Å². The van der Waals surface area contributed by atoms with Gasteiger partial charge in [-0.2, -0.15) is 5.10 Å². The summed E-state index contributed by atoms with van der Waals surface area (Å²) in [6.45, 7) is 0. The Morgan fingerprint density at radius 2 is 2.00 bits per heavy atom. The minimum Gasteiger partial charge on any atom is -0.493 e. The fourth-order valence-corrected chi connectivity index (χ4v) is 3.39. The first-order valence-electron chi connectivity index (χ1n) is 8.71. The summed E-state index contributed by atoms with van der Waals surface area (Å²) in [5, 5.41) is 13.6. The number of benzene rings is 1. The van der Waals surface area contributed by atoms with E-state index in [1.165, 1.54) is 19.4 Å². The van der Waals surface area contributed by atoms with Gasteiger partial charge in [-0.25, -0.2) is 9.48 Å². The first-order chi connectivity index (χ1) is 12.6. The number of para-hydroxylation sites is 2. The molecule has 0 bridgehead atoms. The first kappa shape index (κ1) is 18.0. The fourth-order valence-electron chi connectivity index (χ4n) is 3.39. The van der Waals surface area contributed by atoms with Crippen molar-refractivity contribution in [3.63, 3.8) is 0 Å². The molecule has 7 heteroatoms. The summed E-state index contributed by atoms with van der Waals surface area (Å²) in [5.41, 5.74) is -0.497. The highest BCUT2D eigenvalue weighted by Crippen LogP contribution is 2.32. The van der Waals surface area contributed by atoms with Gasteiger partial charge in [-0.3, -0.25) is 4.79 Å². The Kier molecular flexibility index (Phi) is 5.55. The smallest absolute Gasteiger partial charge is 0.328 e. The van der Waals surface area contributed by atoms with Crippen molar-refractivity contribution in [2.24, 2.45) is 5.92 Å². The van der Waals surface area contributed by atoms with Crippen molar-refractivity contribution < 1.29 is 19.4 Å². The average molecular weight is 358 g/mol. The highest BCUT2D eigenvalue weighted by Gasteiger charge is 2.28. The predicted molar refractivity (Wildman–Crippen MR) is 94.8 cm³/mol. The van der Waals surface area contributed by atoms with Gasteiger partial charge in [0.15, 0.2) is 23.3 Å². The summed E-state index contributed by atoms with van der Waals surface area (Å²) < 4.78 is 11.9. The van der Waals surface area contributed by atoms with E-state index in [2.05, 4.69) is 5.10 Å². The third kappa shape index (κ3) is 4.04. The number of rotatable bonds is 7. The van der Waals surface area contributed by atoms with Crippen LogP contribution in [0.3, 0.4) is 0 Å². The summed E-state index contributed by atoms with van der Waals surface area (Å²) in [5.74, 6) is 0.510. The van der Waals surface area contributed by atoms with Crippen LogP contribution in [0, 0.1) is 5.92 Å². The molecule has 1 aromatic carbocycles. The molecule has 1 aromatic heterocycles. The second-order valence-corrected chi connectivity index (χ2v) is 6.47. The number of ether oxygens (including phenoxy) is 2. The molecule has 1 N–H and O–H groups in total. The van der Waals surface area contributed by atoms with Crippen LogP contribution in [0.1, 0.15) is 38.1 Å². The van der Waals surface area contributed by atoms with E-state index in [9.17, 15) is 14.7 Å². The third-order valence-corrected chi connectivity index (χ3v) is 4.71. The van der Waals surface area contributed by atoms with Crippen molar-refractivity contribution >= 4 is 5.97 Å². The maximum Gasteiger partial charge on any atom is 0.328 e. The predicted octanol–water partition coefficient (Wildman–Crippen LogP) is 3.25. The van der Waals surface area contributed by atoms with Crippen LogP contribution in [-0.4, -0.2) is 28.0 Å². The number of carboxylic acid groups (broad SMARTS) is 1. The molecule has 1 aliphatic rings. The lowest BCUT2D eigenvalue weighted by atomic mass is 9.98. The van der Waals surface area contributed by atoms with Gasteiger partial charge in [0.2, 0.25) is 0 Å². The fraction of sp³-hybridized carbons (Fsp3) is 0.421. The lowest BCUT2D eigenvalue weighted by Crippen LogP contribution is -2.32. The minimum absolute atomic E-state index is 0.237. The van der Waals surface area contributed by atoms with Crippen molar-refractivity contribution in [1.29, 1.82) is 0 Å². The highest BCUT2D eigenvalue weighted by molar-refractivity contribution is 5.71. The zero-order chi connectivity index (χ0) is 18.5. The lowest BCUT2D eigenvalue weighted by molar-refractivity contribution is -0.142. The summed E-state index contributed by atoms with van der Waals surface area (Å²) in [4.78, 5) is 24.1. The van der Waals surface area contributed by atoms with E-state index < -0.39 is 17.6 Å². The van der Waals surface area contributed by atoms with Crippen LogP contribution in [0.2, 0.25) is 0 Å². The Hall–Kier alpha value is -2.83. The number of nitrogens with zero attached hydrogens (tertiary/aromatic N) is 2. The van der Waals surface area contributed by atoms with Crippen molar-refractivity contribution in [2.45, 2.75) is 38.1 Å². The van der Waals surface area contributed by atoms with Gasteiger partial charge < -0.3 is 14.6 Å². The zero-order valence-corrected chi connectivity index (χ0v) is 14.6. The average Bonchev–Trinajstić information content (AvgIpc) is 3.14. The lowest BCUT2D eigenvalue weighted by Gasteiger charge is -2.18. The largest absolute Gasteiger partial charge is 0.493 e. The van der Waals surface area contributed by atoms with E-state index in [0.29, 0.717) is 23.8 Å². The molecule has 1 saturated carbocycles. The van der Waals surface area contributed by atoms with E-state index in [-0.39, 0.29) is 5.75 Å². The molecule has 1 heterocycles. The third-order valence-electron chi connectivity index (χ3n) is 4.71. The summed E-state index contributed by atoms with van der Waals surface area (Å²) in [6.07, 6.45) is 6.03. The number of methoxy groups -OCH3 is 1. The van der Waals surface area contributed by atoms with Crippen LogP contribution >= 0.6 is 0 Å². The monoisotopic (exact) mass is 358 g/mol. The van der Waals surface area contributed by atoms with E-state index in [0.717, 1.165) is 30.4 Å². The van der Waals surface area contributed by atoms with E-state index in [1.54, 1.807) is 18.2 Å². The molecule has 138 valence electrons. The Morgan fingerprint density at radius 1 is 1.31 bits per heavy atom. The molecule has 1 aliphatic carbocycles. The standard InChI is InChI=1S/C19H22N2O5/c1-25-16-8-4-5-9-17(16)26-14-11-18(22)21(20-12-14)15(19(23)24)10-13-6-2-3-7-13/h4-5,8-9,11-13,15H,2-3,6-7,10H2,1H3,(H,23,24). The van der Waals surface area contributed by atoms with Gasteiger partial charge in [0.1, 0.15) is 0 Å². The molecule has 3 rings (SSSR count). The number of carbonyl (C=O) groups is 1. The SMILES string of the molecule is COc1ccccc1Oc1cnn(C(CC2CCCC2)C(=O)O)c(=O)c1. The number of carboxylic acids is 1. The molecule has 1 atom stereocenters. The van der Waals surface area contributed by atoms with Gasteiger partial charge in [0.05, 0.1) is 13.3 Å². The van der Waals surface area contributed by atoms with Crippen molar-refractivity contribution in [2.75, 3.05) is 7.11 Å². The minimum atomic E-state index is -1.04. The molecular weight excluding hydrogens is 336 g/mol. The van der Waals surface area contributed by atoms with Gasteiger partial charge in [-0.15, -0.1) is 0 Å². The molecule has 0 saturated heterocycles. The van der Waals surface area contributed by atoms with Crippen LogP contribution in [0.15, 0.2) is 41.3 Å². The number of hydrogen-bond donors (Lipinski definition) is 1. The van der Waals surface area contributed by atoms with Crippen LogP contribution in [-0.2, 0) is 4.79 Å². The van der Waals surface area contributed by atoms with Gasteiger partial charge >= 0.3 is 5.97 Å². The molecule has 0 spiro atoms. The van der Waals surface area contributed by atoms with Crippen LogP contribution in [0.5, 0.6) is 17.2 Å². The van der Waals surface area contributed by atoms with Crippen LogP contribution < -0.4 is 15.0 Å². The van der Waals surface area contributed by atoms with Gasteiger partial charge in [-0.1, -0.05) is 37.8 Å².